The largest absolute Gasteiger partial charge is 0.261 e. The van der Waals surface area contributed by atoms with Crippen molar-refractivity contribution in [1.29, 1.82) is 0 Å². The molecule has 0 aliphatic carbocycles. The summed E-state index contributed by atoms with van der Waals surface area (Å²) in [4.78, 5) is -0.432. The number of terminal acetylenes is 1. The first kappa shape index (κ1) is 16.0. The average Bonchev–Trinajstić information content (AvgIpc) is 2.34. The molecule has 0 aromatic heterocycles. The molecule has 8 heteroatoms. The van der Waals surface area contributed by atoms with Gasteiger partial charge in [0.05, 0.1) is 16.3 Å². The molecule has 0 spiro atoms. The van der Waals surface area contributed by atoms with Gasteiger partial charge in [-0.05, 0) is 18.2 Å². The SMILES string of the molecule is C#CCN(CC)S(=O)(=O)c1cccc(S(=O)(=O)Cl)c1. The first-order valence-electron chi connectivity index (χ1n) is 5.21. The molecule has 1 aromatic rings. The van der Waals surface area contributed by atoms with Crippen LogP contribution >= 0.6 is 10.7 Å². The molecule has 0 aliphatic rings. The second kappa shape index (κ2) is 5.92. The second-order valence-corrected chi connectivity index (χ2v) is 8.05. The van der Waals surface area contributed by atoms with Gasteiger partial charge in [0.25, 0.3) is 9.05 Å². The zero-order valence-corrected chi connectivity index (χ0v) is 12.5. The van der Waals surface area contributed by atoms with Crippen LogP contribution in [0.15, 0.2) is 34.1 Å². The van der Waals surface area contributed by atoms with E-state index in [1.54, 1.807) is 6.92 Å². The van der Waals surface area contributed by atoms with Crippen LogP contribution in [0.4, 0.5) is 0 Å². The molecule has 0 saturated heterocycles. The van der Waals surface area contributed by atoms with Crippen LogP contribution in [0.3, 0.4) is 0 Å². The number of halogens is 1. The summed E-state index contributed by atoms with van der Waals surface area (Å²) in [6.45, 7) is 1.73. The zero-order chi connectivity index (χ0) is 14.7. The molecule has 0 atom stereocenters. The lowest BCUT2D eigenvalue weighted by Crippen LogP contribution is -2.31. The molecule has 0 bridgehead atoms. The molecule has 0 radical (unpaired) electrons. The minimum Gasteiger partial charge on any atom is -0.207 e. The highest BCUT2D eigenvalue weighted by atomic mass is 35.7. The predicted molar refractivity (Wildman–Crippen MR) is 72.7 cm³/mol. The standard InChI is InChI=1S/C11H12ClNO4S2/c1-3-8-13(4-2)19(16,17)11-7-5-6-10(9-11)18(12,14)15/h1,5-7,9H,4,8H2,2H3. The Labute approximate surface area is 117 Å². The predicted octanol–water partition coefficient (Wildman–Crippen LogP) is 1.26. The maximum Gasteiger partial charge on any atom is 0.261 e. The first-order chi connectivity index (χ1) is 8.73. The van der Waals surface area contributed by atoms with Gasteiger partial charge in [-0.2, -0.15) is 4.31 Å². The van der Waals surface area contributed by atoms with Crippen LogP contribution in [0, 0.1) is 12.3 Å². The monoisotopic (exact) mass is 321 g/mol. The van der Waals surface area contributed by atoms with E-state index in [9.17, 15) is 16.8 Å². The Morgan fingerprint density at radius 3 is 2.32 bits per heavy atom. The zero-order valence-electron chi connectivity index (χ0n) is 10.1. The molecule has 0 N–H and O–H groups in total. The Morgan fingerprint density at radius 1 is 1.26 bits per heavy atom. The Hall–Kier alpha value is -1.07. The normalized spacial score (nSPS) is 12.3. The molecule has 104 valence electrons. The summed E-state index contributed by atoms with van der Waals surface area (Å²) in [5.74, 6) is 2.24. The smallest absolute Gasteiger partial charge is 0.207 e. The van der Waals surface area contributed by atoms with Crippen molar-refractivity contribution in [2.24, 2.45) is 0 Å². The van der Waals surface area contributed by atoms with Gasteiger partial charge in [-0.3, -0.25) is 0 Å². The second-order valence-electron chi connectivity index (χ2n) is 3.55. The first-order valence-corrected chi connectivity index (χ1v) is 8.96. The molecule has 1 rings (SSSR count). The van der Waals surface area contributed by atoms with Crippen LogP contribution in [0.5, 0.6) is 0 Å². The summed E-state index contributed by atoms with van der Waals surface area (Å²) in [6, 6.07) is 4.83. The van der Waals surface area contributed by atoms with E-state index in [4.69, 9.17) is 17.1 Å². The Bertz CT molecular complexity index is 704. The number of sulfonamides is 1. The fourth-order valence-electron chi connectivity index (χ4n) is 1.40. The van der Waals surface area contributed by atoms with Gasteiger partial charge in [-0.1, -0.05) is 18.9 Å². The van der Waals surface area contributed by atoms with Crippen LogP contribution in [-0.4, -0.2) is 34.2 Å². The van der Waals surface area contributed by atoms with E-state index >= 15 is 0 Å². The number of nitrogens with zero attached hydrogens (tertiary/aromatic N) is 1. The van der Waals surface area contributed by atoms with E-state index in [2.05, 4.69) is 5.92 Å². The van der Waals surface area contributed by atoms with Crippen molar-refractivity contribution in [3.8, 4) is 12.3 Å². The summed E-state index contributed by atoms with van der Waals surface area (Å²) in [5.41, 5.74) is 0. The van der Waals surface area contributed by atoms with Gasteiger partial charge in [0.2, 0.25) is 10.0 Å². The molecular weight excluding hydrogens is 310 g/mol. The van der Waals surface area contributed by atoms with Gasteiger partial charge in [0, 0.05) is 17.2 Å². The number of hydrogen-bond donors (Lipinski definition) is 0. The maximum absolute atomic E-state index is 12.2. The van der Waals surface area contributed by atoms with Crippen molar-refractivity contribution in [2.45, 2.75) is 16.7 Å². The summed E-state index contributed by atoms with van der Waals surface area (Å²) < 4.78 is 47.9. The van der Waals surface area contributed by atoms with Crippen LogP contribution in [0.1, 0.15) is 6.92 Å². The highest BCUT2D eigenvalue weighted by Crippen LogP contribution is 2.21. The average molecular weight is 322 g/mol. The summed E-state index contributed by atoms with van der Waals surface area (Å²) >= 11 is 0. The lowest BCUT2D eigenvalue weighted by atomic mass is 10.4. The number of hydrogen-bond acceptors (Lipinski definition) is 4. The topological polar surface area (TPSA) is 71.5 Å². The van der Waals surface area contributed by atoms with Gasteiger partial charge in [0.1, 0.15) is 0 Å². The van der Waals surface area contributed by atoms with Gasteiger partial charge < -0.3 is 0 Å². The van der Waals surface area contributed by atoms with Crippen LogP contribution < -0.4 is 0 Å². The maximum atomic E-state index is 12.2. The van der Waals surface area contributed by atoms with Crippen molar-refractivity contribution in [3.05, 3.63) is 24.3 Å². The summed E-state index contributed by atoms with van der Waals surface area (Å²) in [5, 5.41) is 0. The minimum atomic E-state index is -3.98. The number of benzene rings is 1. The van der Waals surface area contributed by atoms with E-state index in [1.807, 2.05) is 0 Å². The molecular formula is C11H12ClNO4S2. The van der Waals surface area contributed by atoms with Gasteiger partial charge in [0.15, 0.2) is 0 Å². The van der Waals surface area contributed by atoms with Gasteiger partial charge in [-0.15, -0.1) is 6.42 Å². The van der Waals surface area contributed by atoms with Crippen molar-refractivity contribution in [2.75, 3.05) is 13.1 Å². The van der Waals surface area contributed by atoms with Crippen molar-refractivity contribution < 1.29 is 16.8 Å². The summed E-state index contributed by atoms with van der Waals surface area (Å²) in [7, 11) is -2.62. The van der Waals surface area contributed by atoms with Gasteiger partial charge >= 0.3 is 0 Å². The van der Waals surface area contributed by atoms with Crippen LogP contribution in [-0.2, 0) is 19.1 Å². The quantitative estimate of drug-likeness (QED) is 0.604. The van der Waals surface area contributed by atoms with Crippen molar-refractivity contribution in [1.82, 2.24) is 4.31 Å². The van der Waals surface area contributed by atoms with E-state index < -0.39 is 19.1 Å². The fraction of sp³-hybridized carbons (Fsp3) is 0.273. The van der Waals surface area contributed by atoms with Crippen LogP contribution in [0.25, 0.3) is 0 Å². The van der Waals surface area contributed by atoms with E-state index in [1.165, 1.54) is 18.2 Å². The molecule has 0 heterocycles. The van der Waals surface area contributed by atoms with E-state index in [-0.39, 0.29) is 22.9 Å². The van der Waals surface area contributed by atoms with E-state index in [0.717, 1.165) is 10.4 Å². The molecule has 0 fully saturated rings. The highest BCUT2D eigenvalue weighted by molar-refractivity contribution is 8.13. The molecule has 19 heavy (non-hydrogen) atoms. The Morgan fingerprint density at radius 2 is 1.84 bits per heavy atom. The molecule has 0 amide bonds. The lowest BCUT2D eigenvalue weighted by Gasteiger charge is -2.17. The Balaban J connectivity index is 3.35. The Kier molecular flexibility index (Phi) is 4.98. The third-order valence-electron chi connectivity index (χ3n) is 2.35. The molecule has 0 unspecified atom stereocenters. The molecule has 5 nitrogen and oxygen atoms in total. The molecule has 1 aromatic carbocycles. The third-order valence-corrected chi connectivity index (χ3v) is 5.61. The molecule has 0 saturated carbocycles. The van der Waals surface area contributed by atoms with Crippen LogP contribution in [0.2, 0.25) is 0 Å². The van der Waals surface area contributed by atoms with Crippen molar-refractivity contribution >= 4 is 29.8 Å². The summed E-state index contributed by atoms with van der Waals surface area (Å²) in [6.07, 6.45) is 5.11. The van der Waals surface area contributed by atoms with Gasteiger partial charge in [-0.25, -0.2) is 16.8 Å². The number of rotatable bonds is 5. The molecule has 0 aliphatic heterocycles. The lowest BCUT2D eigenvalue weighted by molar-refractivity contribution is 0.464. The minimum absolute atomic E-state index is 0.0866. The van der Waals surface area contributed by atoms with Crippen molar-refractivity contribution in [3.63, 3.8) is 0 Å². The fourth-order valence-corrected chi connectivity index (χ4v) is 3.68. The third kappa shape index (κ3) is 3.70. The van der Waals surface area contributed by atoms with E-state index in [0.29, 0.717) is 0 Å². The highest BCUT2D eigenvalue weighted by Gasteiger charge is 2.23.